The average molecular weight is 302 g/mol. The maximum atomic E-state index is 13.4. The largest absolute Gasteiger partial charge is 0.377 e. The van der Waals surface area contributed by atoms with Crippen molar-refractivity contribution < 1.29 is 8.78 Å². The molecule has 90 valence electrons. The van der Waals surface area contributed by atoms with Gasteiger partial charge in [-0.3, -0.25) is 4.68 Å². The molecule has 0 amide bonds. The van der Waals surface area contributed by atoms with Gasteiger partial charge in [0.15, 0.2) is 0 Å². The lowest BCUT2D eigenvalue weighted by molar-refractivity contribution is 0.580. The van der Waals surface area contributed by atoms with Crippen LogP contribution in [0.15, 0.2) is 28.9 Å². The van der Waals surface area contributed by atoms with Gasteiger partial charge in [0.1, 0.15) is 11.6 Å². The molecule has 1 aromatic heterocycles. The van der Waals surface area contributed by atoms with Crippen molar-refractivity contribution in [2.75, 3.05) is 5.32 Å². The van der Waals surface area contributed by atoms with Crippen molar-refractivity contribution in [3.05, 3.63) is 46.2 Å². The van der Waals surface area contributed by atoms with Crippen LogP contribution in [0, 0.1) is 11.6 Å². The number of aryl methyl sites for hydroxylation is 1. The third kappa shape index (κ3) is 2.63. The van der Waals surface area contributed by atoms with E-state index in [0.717, 1.165) is 11.8 Å². The summed E-state index contributed by atoms with van der Waals surface area (Å²) < 4.78 is 28.3. The first-order valence-electron chi connectivity index (χ1n) is 4.93. The number of anilines is 1. The van der Waals surface area contributed by atoms with E-state index in [0.29, 0.717) is 6.54 Å². The number of halogens is 3. The summed E-state index contributed by atoms with van der Waals surface area (Å²) in [6.45, 7) is 0.422. The molecule has 17 heavy (non-hydrogen) atoms. The fourth-order valence-electron chi connectivity index (χ4n) is 1.42. The molecule has 0 aliphatic carbocycles. The van der Waals surface area contributed by atoms with Crippen LogP contribution < -0.4 is 5.32 Å². The van der Waals surface area contributed by atoms with Gasteiger partial charge in [0.05, 0.1) is 22.4 Å². The minimum absolute atomic E-state index is 0.228. The summed E-state index contributed by atoms with van der Waals surface area (Å²) in [5.74, 6) is -1.23. The van der Waals surface area contributed by atoms with Crippen molar-refractivity contribution in [2.45, 2.75) is 6.54 Å². The fraction of sp³-hybridized carbons (Fsp3) is 0.182. The molecule has 6 heteroatoms. The van der Waals surface area contributed by atoms with Crippen LogP contribution in [0.3, 0.4) is 0 Å². The first-order valence-corrected chi connectivity index (χ1v) is 5.72. The third-order valence-electron chi connectivity index (χ3n) is 2.39. The molecular formula is C11H10BrF2N3. The van der Waals surface area contributed by atoms with Crippen LogP contribution >= 0.6 is 15.9 Å². The molecule has 0 atom stereocenters. The molecule has 0 aliphatic heterocycles. The molecule has 0 spiro atoms. The Labute approximate surface area is 106 Å². The van der Waals surface area contributed by atoms with Crippen LogP contribution in [-0.2, 0) is 13.6 Å². The van der Waals surface area contributed by atoms with Gasteiger partial charge in [0, 0.05) is 19.3 Å². The Morgan fingerprint density at radius 1 is 1.35 bits per heavy atom. The Balaban J connectivity index is 2.14. The van der Waals surface area contributed by atoms with E-state index >= 15 is 0 Å². The first-order chi connectivity index (χ1) is 8.08. The predicted molar refractivity (Wildman–Crippen MR) is 64.6 cm³/mol. The molecule has 0 saturated heterocycles. The van der Waals surface area contributed by atoms with E-state index in [1.165, 1.54) is 6.07 Å². The molecule has 1 N–H and O–H groups in total. The van der Waals surface area contributed by atoms with E-state index in [9.17, 15) is 8.78 Å². The quantitative estimate of drug-likeness (QED) is 0.883. The van der Waals surface area contributed by atoms with Crippen molar-refractivity contribution in [1.82, 2.24) is 9.78 Å². The third-order valence-corrected chi connectivity index (χ3v) is 3.00. The lowest BCUT2D eigenvalue weighted by atomic mass is 10.3. The Morgan fingerprint density at radius 2 is 2.12 bits per heavy atom. The van der Waals surface area contributed by atoms with Crippen molar-refractivity contribution in [2.24, 2.45) is 7.05 Å². The Hall–Kier alpha value is -1.43. The summed E-state index contributed by atoms with van der Waals surface area (Å²) in [6.07, 6.45) is 1.66. The maximum absolute atomic E-state index is 13.4. The second-order valence-corrected chi connectivity index (χ2v) is 4.40. The molecule has 2 rings (SSSR count). The van der Waals surface area contributed by atoms with Gasteiger partial charge in [-0.2, -0.15) is 5.10 Å². The van der Waals surface area contributed by atoms with Gasteiger partial charge in [-0.1, -0.05) is 0 Å². The van der Waals surface area contributed by atoms with Crippen LogP contribution in [0.25, 0.3) is 0 Å². The van der Waals surface area contributed by atoms with Crippen LogP contribution in [-0.4, -0.2) is 9.78 Å². The molecule has 0 bridgehead atoms. The highest BCUT2D eigenvalue weighted by molar-refractivity contribution is 9.10. The van der Waals surface area contributed by atoms with Gasteiger partial charge in [-0.05, 0) is 28.1 Å². The number of hydrogen-bond donors (Lipinski definition) is 1. The predicted octanol–water partition coefficient (Wildman–Crippen LogP) is 3.07. The molecule has 0 saturated carbocycles. The second-order valence-electron chi connectivity index (χ2n) is 3.55. The zero-order valence-corrected chi connectivity index (χ0v) is 10.6. The number of hydrogen-bond acceptors (Lipinski definition) is 2. The van der Waals surface area contributed by atoms with E-state index in [1.807, 2.05) is 6.07 Å². The van der Waals surface area contributed by atoms with Crippen LogP contribution in [0.4, 0.5) is 14.5 Å². The number of nitrogens with one attached hydrogen (secondary N) is 1. The number of benzene rings is 1. The standard InChI is InChI=1S/C11H10BrF2N3/c1-17-7(2-3-16-17)6-15-11-4-8(12)9(13)5-10(11)14/h2-5,15H,6H2,1H3. The average Bonchev–Trinajstić information content (AvgIpc) is 2.68. The topological polar surface area (TPSA) is 29.9 Å². The first kappa shape index (κ1) is 12.0. The van der Waals surface area contributed by atoms with Crippen LogP contribution in [0.1, 0.15) is 5.69 Å². The molecule has 3 nitrogen and oxygen atoms in total. The summed E-state index contributed by atoms with van der Waals surface area (Å²) >= 11 is 3.01. The summed E-state index contributed by atoms with van der Waals surface area (Å²) in [7, 11) is 1.80. The van der Waals surface area contributed by atoms with Crippen LogP contribution in [0.2, 0.25) is 0 Å². The zero-order chi connectivity index (χ0) is 12.4. The number of nitrogens with zero attached hydrogens (tertiary/aromatic N) is 2. The Kier molecular flexibility index (Phi) is 3.42. The molecule has 1 heterocycles. The van der Waals surface area contributed by atoms with E-state index < -0.39 is 11.6 Å². The Bertz CT molecular complexity index is 540. The summed E-state index contributed by atoms with van der Waals surface area (Å²) in [5, 5.41) is 6.89. The van der Waals surface area contributed by atoms with Gasteiger partial charge in [0.2, 0.25) is 0 Å². The highest BCUT2D eigenvalue weighted by atomic mass is 79.9. The number of rotatable bonds is 3. The number of aromatic nitrogens is 2. The van der Waals surface area contributed by atoms with E-state index in [-0.39, 0.29) is 10.2 Å². The molecular weight excluding hydrogens is 292 g/mol. The van der Waals surface area contributed by atoms with Crippen molar-refractivity contribution in [3.63, 3.8) is 0 Å². The highest BCUT2D eigenvalue weighted by Gasteiger charge is 2.08. The zero-order valence-electron chi connectivity index (χ0n) is 9.04. The lowest BCUT2D eigenvalue weighted by Crippen LogP contribution is -2.06. The summed E-state index contributed by atoms with van der Waals surface area (Å²) in [5.41, 5.74) is 1.16. The van der Waals surface area contributed by atoms with Gasteiger partial charge < -0.3 is 5.32 Å². The van der Waals surface area contributed by atoms with Crippen LogP contribution in [0.5, 0.6) is 0 Å². The normalized spacial score (nSPS) is 10.6. The SMILES string of the molecule is Cn1nccc1CNc1cc(Br)c(F)cc1F. The fourth-order valence-corrected chi connectivity index (χ4v) is 1.76. The van der Waals surface area contributed by atoms with Crippen molar-refractivity contribution >= 4 is 21.6 Å². The van der Waals surface area contributed by atoms with E-state index in [1.54, 1.807) is 17.9 Å². The molecule has 1 aromatic carbocycles. The van der Waals surface area contributed by atoms with E-state index in [4.69, 9.17) is 0 Å². The highest BCUT2D eigenvalue weighted by Crippen LogP contribution is 2.23. The summed E-state index contributed by atoms with van der Waals surface area (Å²) in [6, 6.07) is 4.04. The summed E-state index contributed by atoms with van der Waals surface area (Å²) in [4.78, 5) is 0. The van der Waals surface area contributed by atoms with Gasteiger partial charge in [-0.15, -0.1) is 0 Å². The van der Waals surface area contributed by atoms with Crippen molar-refractivity contribution in [1.29, 1.82) is 0 Å². The minimum atomic E-state index is -0.618. The molecule has 0 fully saturated rings. The maximum Gasteiger partial charge on any atom is 0.149 e. The molecule has 0 unspecified atom stereocenters. The smallest absolute Gasteiger partial charge is 0.149 e. The Morgan fingerprint density at radius 3 is 2.76 bits per heavy atom. The molecule has 0 radical (unpaired) electrons. The molecule has 2 aromatic rings. The van der Waals surface area contributed by atoms with Gasteiger partial charge in [0.25, 0.3) is 0 Å². The molecule has 0 aliphatic rings. The van der Waals surface area contributed by atoms with E-state index in [2.05, 4.69) is 26.3 Å². The monoisotopic (exact) mass is 301 g/mol. The van der Waals surface area contributed by atoms with Crippen molar-refractivity contribution in [3.8, 4) is 0 Å². The second kappa shape index (κ2) is 4.83. The van der Waals surface area contributed by atoms with Gasteiger partial charge >= 0.3 is 0 Å². The van der Waals surface area contributed by atoms with Gasteiger partial charge in [-0.25, -0.2) is 8.78 Å². The lowest BCUT2D eigenvalue weighted by Gasteiger charge is -2.08. The minimum Gasteiger partial charge on any atom is -0.377 e.